The molecule has 9 nitrogen and oxygen atoms in total. The van der Waals surface area contributed by atoms with Crippen molar-refractivity contribution in [2.24, 2.45) is 0 Å². The van der Waals surface area contributed by atoms with Gasteiger partial charge in [-0.15, -0.1) is 5.10 Å². The summed E-state index contributed by atoms with van der Waals surface area (Å²) in [5.41, 5.74) is 5.08. The number of hydrogen-bond acceptors (Lipinski definition) is 6. The second kappa shape index (κ2) is 4.87. The normalized spacial score (nSPS) is 11.6. The zero-order chi connectivity index (χ0) is 17.0. The molecule has 0 saturated carbocycles. The standard InChI is InChI=1S/C16H12N8O/c1-9-18-16-17-8-10-13(24(16)21-9)6-7-23(14(10)25)22-15-19-11-4-2-3-5-12(11)20-15/h2-8H,1H3,(H2,19,20,22). The Labute approximate surface area is 140 Å². The molecule has 1 aromatic carbocycles. The van der Waals surface area contributed by atoms with Gasteiger partial charge in [0.2, 0.25) is 5.95 Å². The maximum absolute atomic E-state index is 12.8. The fraction of sp³-hybridized carbons (Fsp3) is 0.0625. The number of aryl methyl sites for hydroxylation is 1. The van der Waals surface area contributed by atoms with Crippen LogP contribution in [0.4, 0.5) is 5.95 Å². The highest BCUT2D eigenvalue weighted by Crippen LogP contribution is 2.14. The van der Waals surface area contributed by atoms with Crippen molar-refractivity contribution in [3.05, 3.63) is 58.9 Å². The van der Waals surface area contributed by atoms with Gasteiger partial charge in [-0.05, 0) is 25.1 Å². The molecule has 0 spiro atoms. The first-order valence-electron chi connectivity index (χ1n) is 7.64. The van der Waals surface area contributed by atoms with Crippen LogP contribution in [0.25, 0.3) is 27.7 Å². The fourth-order valence-electron chi connectivity index (χ4n) is 2.83. The van der Waals surface area contributed by atoms with E-state index in [-0.39, 0.29) is 5.56 Å². The van der Waals surface area contributed by atoms with E-state index in [1.807, 2.05) is 24.3 Å². The van der Waals surface area contributed by atoms with Gasteiger partial charge in [-0.1, -0.05) is 12.1 Å². The molecular formula is C16H12N8O. The van der Waals surface area contributed by atoms with E-state index in [1.54, 1.807) is 23.7 Å². The predicted octanol–water partition coefficient (Wildman–Crippen LogP) is 1.50. The van der Waals surface area contributed by atoms with Gasteiger partial charge in [-0.25, -0.2) is 14.6 Å². The average Bonchev–Trinajstić information content (AvgIpc) is 3.19. The van der Waals surface area contributed by atoms with Crippen LogP contribution in [0, 0.1) is 6.92 Å². The number of nitrogens with zero attached hydrogens (tertiary/aromatic N) is 6. The van der Waals surface area contributed by atoms with Crippen molar-refractivity contribution in [2.45, 2.75) is 6.92 Å². The van der Waals surface area contributed by atoms with Crippen LogP contribution in [0.3, 0.4) is 0 Å². The molecule has 5 rings (SSSR count). The molecule has 9 heteroatoms. The second-order valence-corrected chi connectivity index (χ2v) is 5.63. The van der Waals surface area contributed by atoms with E-state index in [1.165, 1.54) is 10.9 Å². The average molecular weight is 332 g/mol. The monoisotopic (exact) mass is 332 g/mol. The number of anilines is 1. The van der Waals surface area contributed by atoms with Gasteiger partial charge in [-0.2, -0.15) is 9.50 Å². The van der Waals surface area contributed by atoms with Crippen molar-refractivity contribution in [2.75, 3.05) is 5.43 Å². The van der Waals surface area contributed by atoms with Crippen LogP contribution in [-0.2, 0) is 0 Å². The van der Waals surface area contributed by atoms with Crippen LogP contribution < -0.4 is 11.0 Å². The Morgan fingerprint density at radius 1 is 1.16 bits per heavy atom. The van der Waals surface area contributed by atoms with Crippen LogP contribution >= 0.6 is 0 Å². The summed E-state index contributed by atoms with van der Waals surface area (Å²) in [6.07, 6.45) is 3.15. The van der Waals surface area contributed by atoms with Crippen LogP contribution in [0.2, 0.25) is 0 Å². The molecule has 0 saturated heterocycles. The first-order chi connectivity index (χ1) is 12.2. The molecule has 0 aliphatic heterocycles. The number of H-pyrrole nitrogens is 1. The van der Waals surface area contributed by atoms with Crippen LogP contribution in [0.1, 0.15) is 5.82 Å². The van der Waals surface area contributed by atoms with Gasteiger partial charge in [0.25, 0.3) is 11.3 Å². The summed E-state index contributed by atoms with van der Waals surface area (Å²) in [5.74, 6) is 1.55. The van der Waals surface area contributed by atoms with E-state index in [2.05, 4.69) is 30.5 Å². The fourth-order valence-corrected chi connectivity index (χ4v) is 2.83. The van der Waals surface area contributed by atoms with Crippen LogP contribution in [0.15, 0.2) is 47.5 Å². The molecule has 0 aliphatic rings. The quantitative estimate of drug-likeness (QED) is 0.507. The summed E-state index contributed by atoms with van der Waals surface area (Å²) in [5, 5.41) is 4.71. The minimum Gasteiger partial charge on any atom is -0.323 e. The molecule has 0 aliphatic carbocycles. The minimum atomic E-state index is -0.250. The van der Waals surface area contributed by atoms with E-state index >= 15 is 0 Å². The lowest BCUT2D eigenvalue weighted by atomic mass is 10.3. The van der Waals surface area contributed by atoms with Gasteiger partial charge in [0.05, 0.1) is 21.9 Å². The molecule has 25 heavy (non-hydrogen) atoms. The Morgan fingerprint density at radius 3 is 2.92 bits per heavy atom. The summed E-state index contributed by atoms with van der Waals surface area (Å²) < 4.78 is 2.93. The van der Waals surface area contributed by atoms with Gasteiger partial charge in [-0.3, -0.25) is 10.2 Å². The van der Waals surface area contributed by atoms with E-state index in [9.17, 15) is 4.79 Å². The number of rotatable bonds is 2. The molecule has 2 N–H and O–H groups in total. The van der Waals surface area contributed by atoms with Gasteiger partial charge in [0, 0.05) is 12.4 Å². The number of fused-ring (bicyclic) bond motifs is 4. The third kappa shape index (κ3) is 2.06. The smallest absolute Gasteiger partial charge is 0.280 e. The minimum absolute atomic E-state index is 0.250. The van der Waals surface area contributed by atoms with Crippen LogP contribution in [0.5, 0.6) is 0 Å². The van der Waals surface area contributed by atoms with Gasteiger partial charge >= 0.3 is 0 Å². The lowest BCUT2D eigenvalue weighted by molar-refractivity contribution is 0.882. The number of aromatic nitrogens is 7. The number of nitrogens with one attached hydrogen (secondary N) is 2. The molecule has 0 bridgehead atoms. The van der Waals surface area contributed by atoms with E-state index in [0.717, 1.165) is 11.0 Å². The summed E-state index contributed by atoms with van der Waals surface area (Å²) in [4.78, 5) is 28.7. The van der Waals surface area contributed by atoms with Gasteiger partial charge in [0.1, 0.15) is 5.82 Å². The van der Waals surface area contributed by atoms with Crippen molar-refractivity contribution in [1.82, 2.24) is 34.2 Å². The Balaban J connectivity index is 1.65. The number of para-hydroxylation sites is 2. The number of aromatic amines is 1. The summed E-state index contributed by atoms with van der Waals surface area (Å²) >= 11 is 0. The Hall–Kier alpha value is -3.75. The molecule has 0 atom stereocenters. The maximum Gasteiger partial charge on any atom is 0.280 e. The highest BCUT2D eigenvalue weighted by atomic mass is 16.1. The predicted molar refractivity (Wildman–Crippen MR) is 92.4 cm³/mol. The highest BCUT2D eigenvalue weighted by molar-refractivity contribution is 5.79. The summed E-state index contributed by atoms with van der Waals surface area (Å²) in [7, 11) is 0. The number of hydrogen-bond donors (Lipinski definition) is 2. The molecule has 122 valence electrons. The molecule has 0 radical (unpaired) electrons. The van der Waals surface area contributed by atoms with E-state index in [4.69, 9.17) is 0 Å². The Bertz CT molecular complexity index is 1280. The van der Waals surface area contributed by atoms with Crippen molar-refractivity contribution in [3.8, 4) is 0 Å². The number of imidazole rings is 1. The molecule has 4 aromatic heterocycles. The van der Waals surface area contributed by atoms with Gasteiger partial charge in [0.15, 0.2) is 0 Å². The van der Waals surface area contributed by atoms with Gasteiger partial charge < -0.3 is 4.98 Å². The molecule has 0 fully saturated rings. The van der Waals surface area contributed by atoms with Crippen molar-refractivity contribution >= 4 is 33.7 Å². The third-order valence-corrected chi connectivity index (χ3v) is 3.96. The zero-order valence-corrected chi connectivity index (χ0v) is 13.1. The molecular weight excluding hydrogens is 320 g/mol. The third-order valence-electron chi connectivity index (χ3n) is 3.96. The maximum atomic E-state index is 12.8. The summed E-state index contributed by atoms with van der Waals surface area (Å²) in [6.45, 7) is 1.78. The van der Waals surface area contributed by atoms with E-state index in [0.29, 0.717) is 28.5 Å². The highest BCUT2D eigenvalue weighted by Gasteiger charge is 2.11. The van der Waals surface area contributed by atoms with E-state index < -0.39 is 0 Å². The Kier molecular flexibility index (Phi) is 2.66. The summed E-state index contributed by atoms with van der Waals surface area (Å²) in [6, 6.07) is 9.43. The lowest BCUT2D eigenvalue weighted by Gasteiger charge is -2.07. The first-order valence-corrected chi connectivity index (χ1v) is 7.64. The molecule has 0 amide bonds. The largest absolute Gasteiger partial charge is 0.323 e. The second-order valence-electron chi connectivity index (χ2n) is 5.63. The number of benzene rings is 1. The van der Waals surface area contributed by atoms with Crippen LogP contribution in [-0.4, -0.2) is 34.2 Å². The molecule has 5 aromatic rings. The first kappa shape index (κ1) is 13.7. The zero-order valence-electron chi connectivity index (χ0n) is 13.1. The van der Waals surface area contributed by atoms with Crippen molar-refractivity contribution < 1.29 is 0 Å². The Morgan fingerprint density at radius 2 is 2.04 bits per heavy atom. The molecule has 4 heterocycles. The van der Waals surface area contributed by atoms with Crippen molar-refractivity contribution in [3.63, 3.8) is 0 Å². The lowest BCUT2D eigenvalue weighted by Crippen LogP contribution is -2.26. The van der Waals surface area contributed by atoms with Crippen molar-refractivity contribution in [1.29, 1.82) is 0 Å². The molecule has 0 unspecified atom stereocenters. The SMILES string of the molecule is Cc1nc2ncc3c(=O)n(Nc4nc5ccccc5[nH]4)ccc3n2n1. The topological polar surface area (TPSA) is 106 Å². The number of pyridine rings is 1.